The summed E-state index contributed by atoms with van der Waals surface area (Å²) in [4.78, 5) is 14.4. The summed E-state index contributed by atoms with van der Waals surface area (Å²) >= 11 is 5.88. The van der Waals surface area contributed by atoms with Crippen LogP contribution < -0.4 is 4.74 Å². The third kappa shape index (κ3) is 3.04. The number of ether oxygens (including phenoxy) is 1. The molecule has 3 nitrogen and oxygen atoms in total. The monoisotopic (exact) mass is 247 g/mol. The molecule has 86 valence electrons. The Morgan fingerprint density at radius 1 is 1.18 bits per heavy atom. The first-order valence-corrected chi connectivity index (χ1v) is 5.46. The van der Waals surface area contributed by atoms with Crippen LogP contribution in [0.25, 0.3) is 0 Å². The number of aromatic nitrogens is 1. The summed E-state index contributed by atoms with van der Waals surface area (Å²) in [5.41, 5.74) is 1.34. The molecule has 0 unspecified atom stereocenters. The highest BCUT2D eigenvalue weighted by Crippen LogP contribution is 2.22. The van der Waals surface area contributed by atoms with Crippen molar-refractivity contribution in [2.24, 2.45) is 0 Å². The van der Waals surface area contributed by atoms with Crippen LogP contribution >= 0.6 is 11.6 Å². The molecule has 0 atom stereocenters. The van der Waals surface area contributed by atoms with E-state index in [1.54, 1.807) is 12.1 Å². The van der Waals surface area contributed by atoms with E-state index in [1.165, 1.54) is 0 Å². The number of benzene rings is 1. The van der Waals surface area contributed by atoms with Crippen LogP contribution in [0.3, 0.4) is 0 Å². The van der Waals surface area contributed by atoms with Crippen molar-refractivity contribution in [1.82, 2.24) is 4.98 Å². The maximum atomic E-state index is 10.5. The lowest BCUT2D eigenvalue weighted by Crippen LogP contribution is -1.97. The standard InChI is InChI=1S/C13H10ClNO2/c14-13-12(7-6-11(8-16)15-13)17-9-10-4-2-1-3-5-10/h1-8H,9H2. The van der Waals surface area contributed by atoms with Gasteiger partial charge in [-0.1, -0.05) is 41.9 Å². The SMILES string of the molecule is O=Cc1ccc(OCc2ccccc2)c(Cl)n1. The number of carbonyl (C=O) groups excluding carboxylic acids is 1. The summed E-state index contributed by atoms with van der Waals surface area (Å²) in [5, 5.41) is 0.200. The summed E-state index contributed by atoms with van der Waals surface area (Å²) in [5.74, 6) is 0.473. The molecule has 0 aliphatic rings. The van der Waals surface area contributed by atoms with E-state index in [4.69, 9.17) is 16.3 Å². The molecule has 0 amide bonds. The summed E-state index contributed by atoms with van der Waals surface area (Å²) in [6.45, 7) is 0.419. The van der Waals surface area contributed by atoms with Crippen LogP contribution in [0.4, 0.5) is 0 Å². The van der Waals surface area contributed by atoms with Gasteiger partial charge >= 0.3 is 0 Å². The van der Waals surface area contributed by atoms with Crippen LogP contribution in [0.2, 0.25) is 5.15 Å². The number of hydrogen-bond donors (Lipinski definition) is 0. The van der Waals surface area contributed by atoms with Crippen LogP contribution in [-0.4, -0.2) is 11.3 Å². The molecule has 0 saturated carbocycles. The fourth-order valence-corrected chi connectivity index (χ4v) is 1.56. The summed E-state index contributed by atoms with van der Waals surface area (Å²) < 4.78 is 5.51. The van der Waals surface area contributed by atoms with Crippen LogP contribution in [0.5, 0.6) is 5.75 Å². The van der Waals surface area contributed by atoms with Gasteiger partial charge in [-0.2, -0.15) is 0 Å². The molecule has 0 N–H and O–H groups in total. The Morgan fingerprint density at radius 2 is 1.94 bits per heavy atom. The van der Waals surface area contributed by atoms with E-state index >= 15 is 0 Å². The first kappa shape index (κ1) is 11.6. The average molecular weight is 248 g/mol. The first-order valence-electron chi connectivity index (χ1n) is 5.08. The summed E-state index contributed by atoms with van der Waals surface area (Å²) in [6, 6.07) is 12.9. The quantitative estimate of drug-likeness (QED) is 0.616. The van der Waals surface area contributed by atoms with Gasteiger partial charge in [-0.15, -0.1) is 0 Å². The largest absolute Gasteiger partial charge is 0.486 e. The molecule has 2 aromatic rings. The second kappa shape index (κ2) is 5.46. The Bertz CT molecular complexity index is 514. The number of hydrogen-bond acceptors (Lipinski definition) is 3. The zero-order valence-electron chi connectivity index (χ0n) is 8.97. The lowest BCUT2D eigenvalue weighted by atomic mass is 10.2. The van der Waals surface area contributed by atoms with Crippen molar-refractivity contribution in [3.05, 3.63) is 58.9 Å². The van der Waals surface area contributed by atoms with Gasteiger partial charge in [0.2, 0.25) is 0 Å². The number of carbonyl (C=O) groups is 1. The van der Waals surface area contributed by atoms with E-state index in [0.29, 0.717) is 24.3 Å². The zero-order chi connectivity index (χ0) is 12.1. The van der Waals surface area contributed by atoms with Crippen molar-refractivity contribution in [1.29, 1.82) is 0 Å². The van der Waals surface area contributed by atoms with Crippen molar-refractivity contribution < 1.29 is 9.53 Å². The Morgan fingerprint density at radius 3 is 2.59 bits per heavy atom. The molecule has 4 heteroatoms. The number of rotatable bonds is 4. The van der Waals surface area contributed by atoms with Gasteiger partial charge in [0.25, 0.3) is 0 Å². The first-order chi connectivity index (χ1) is 8.29. The number of pyridine rings is 1. The molecule has 17 heavy (non-hydrogen) atoms. The van der Waals surface area contributed by atoms with Gasteiger partial charge in [-0.25, -0.2) is 4.98 Å². The molecule has 1 heterocycles. The van der Waals surface area contributed by atoms with Crippen molar-refractivity contribution in [2.75, 3.05) is 0 Å². The second-order valence-electron chi connectivity index (χ2n) is 3.42. The Kier molecular flexibility index (Phi) is 3.73. The molecule has 0 fully saturated rings. The molecule has 0 aliphatic carbocycles. The molecule has 1 aromatic heterocycles. The molecular formula is C13H10ClNO2. The minimum atomic E-state index is 0.200. The topological polar surface area (TPSA) is 39.2 Å². The average Bonchev–Trinajstić information content (AvgIpc) is 2.38. The number of nitrogens with zero attached hydrogens (tertiary/aromatic N) is 1. The molecule has 2 rings (SSSR count). The summed E-state index contributed by atoms with van der Waals surface area (Å²) in [6.07, 6.45) is 0.646. The highest BCUT2D eigenvalue weighted by molar-refractivity contribution is 6.30. The van der Waals surface area contributed by atoms with Gasteiger partial charge in [-0.05, 0) is 17.7 Å². The van der Waals surface area contributed by atoms with Crippen molar-refractivity contribution in [3.8, 4) is 5.75 Å². The zero-order valence-corrected chi connectivity index (χ0v) is 9.72. The lowest BCUT2D eigenvalue weighted by Gasteiger charge is -2.07. The molecular weight excluding hydrogens is 238 g/mol. The smallest absolute Gasteiger partial charge is 0.171 e. The van der Waals surface area contributed by atoms with E-state index in [9.17, 15) is 4.79 Å². The Hall–Kier alpha value is -1.87. The van der Waals surface area contributed by atoms with Crippen LogP contribution in [0, 0.1) is 0 Å². The fraction of sp³-hybridized carbons (Fsp3) is 0.0769. The van der Waals surface area contributed by atoms with E-state index in [-0.39, 0.29) is 5.15 Å². The third-order valence-electron chi connectivity index (χ3n) is 2.19. The Balaban J connectivity index is 2.07. The Labute approximate surface area is 104 Å². The van der Waals surface area contributed by atoms with Gasteiger partial charge in [-0.3, -0.25) is 4.79 Å². The van der Waals surface area contributed by atoms with Gasteiger partial charge in [0.1, 0.15) is 12.3 Å². The van der Waals surface area contributed by atoms with Crippen LogP contribution in [-0.2, 0) is 6.61 Å². The van der Waals surface area contributed by atoms with E-state index in [0.717, 1.165) is 5.56 Å². The van der Waals surface area contributed by atoms with Crippen molar-refractivity contribution in [3.63, 3.8) is 0 Å². The molecule has 0 aliphatic heterocycles. The van der Waals surface area contributed by atoms with E-state index in [2.05, 4.69) is 4.98 Å². The van der Waals surface area contributed by atoms with Gasteiger partial charge in [0.05, 0.1) is 0 Å². The van der Waals surface area contributed by atoms with Gasteiger partial charge in [0, 0.05) is 0 Å². The molecule has 0 spiro atoms. The number of aldehydes is 1. The number of halogens is 1. The minimum Gasteiger partial charge on any atom is -0.486 e. The predicted octanol–water partition coefficient (Wildman–Crippen LogP) is 3.13. The van der Waals surface area contributed by atoms with Crippen LogP contribution in [0.1, 0.15) is 16.1 Å². The van der Waals surface area contributed by atoms with Crippen molar-refractivity contribution in [2.45, 2.75) is 6.61 Å². The molecule has 1 aromatic carbocycles. The maximum Gasteiger partial charge on any atom is 0.171 e. The van der Waals surface area contributed by atoms with E-state index in [1.807, 2.05) is 30.3 Å². The fourth-order valence-electron chi connectivity index (χ4n) is 1.34. The minimum absolute atomic E-state index is 0.200. The third-order valence-corrected chi connectivity index (χ3v) is 2.46. The second-order valence-corrected chi connectivity index (χ2v) is 3.78. The van der Waals surface area contributed by atoms with Crippen LogP contribution in [0.15, 0.2) is 42.5 Å². The lowest BCUT2D eigenvalue weighted by molar-refractivity contribution is 0.111. The normalized spacial score (nSPS) is 9.94. The van der Waals surface area contributed by atoms with Gasteiger partial charge < -0.3 is 4.74 Å². The molecule has 0 radical (unpaired) electrons. The highest BCUT2D eigenvalue weighted by atomic mass is 35.5. The maximum absolute atomic E-state index is 10.5. The highest BCUT2D eigenvalue weighted by Gasteiger charge is 2.04. The molecule has 0 bridgehead atoms. The molecule has 0 saturated heterocycles. The van der Waals surface area contributed by atoms with Crippen molar-refractivity contribution >= 4 is 17.9 Å². The summed E-state index contributed by atoms with van der Waals surface area (Å²) in [7, 11) is 0. The van der Waals surface area contributed by atoms with E-state index < -0.39 is 0 Å². The predicted molar refractivity (Wildman–Crippen MR) is 65.4 cm³/mol. The van der Waals surface area contributed by atoms with Gasteiger partial charge in [0.15, 0.2) is 17.2 Å².